The number of aromatic nitrogens is 2. The largest absolute Gasteiger partial charge is 0.493 e. The van der Waals surface area contributed by atoms with E-state index in [4.69, 9.17) is 0 Å². The lowest BCUT2D eigenvalue weighted by atomic mass is 10.0. The van der Waals surface area contributed by atoms with Gasteiger partial charge in [0, 0.05) is 11.8 Å². The lowest BCUT2D eigenvalue weighted by Crippen LogP contribution is -2.14. The van der Waals surface area contributed by atoms with E-state index < -0.39 is 43.7 Å². The molecule has 10 heteroatoms. The molecular weight excluding hydrogens is 349 g/mol. The zero-order valence-electron chi connectivity index (χ0n) is 12.6. The second kappa shape index (κ2) is 5.93. The Hall–Kier alpha value is -2.36. The molecule has 0 aliphatic heterocycles. The molecular formula is C14H13F3N2O4S. The second-order valence-corrected chi connectivity index (χ2v) is 7.04. The first-order valence-corrected chi connectivity index (χ1v) is 8.58. The molecule has 0 aliphatic rings. The van der Waals surface area contributed by atoms with Crippen molar-refractivity contribution in [3.8, 4) is 5.88 Å². The van der Waals surface area contributed by atoms with E-state index >= 15 is 0 Å². The number of hydrogen-bond acceptors (Lipinski definition) is 5. The minimum Gasteiger partial charge on any atom is -0.493 e. The molecule has 0 amide bonds. The zero-order valence-corrected chi connectivity index (χ0v) is 13.4. The summed E-state index contributed by atoms with van der Waals surface area (Å²) in [5, 5.41) is 15.6. The van der Waals surface area contributed by atoms with Crippen LogP contribution >= 0.6 is 0 Å². The van der Waals surface area contributed by atoms with Crippen LogP contribution in [0.2, 0.25) is 0 Å². The van der Waals surface area contributed by atoms with Gasteiger partial charge in [-0.1, -0.05) is 6.92 Å². The van der Waals surface area contributed by atoms with E-state index in [1.54, 1.807) is 6.92 Å². The summed E-state index contributed by atoms with van der Waals surface area (Å²) < 4.78 is 62.1. The fraction of sp³-hybridized carbons (Fsp3) is 0.286. The second-order valence-electron chi connectivity index (χ2n) is 5.06. The van der Waals surface area contributed by atoms with Gasteiger partial charge in [0.15, 0.2) is 9.84 Å². The van der Waals surface area contributed by atoms with Crippen molar-refractivity contribution in [2.45, 2.75) is 24.4 Å². The highest BCUT2D eigenvalue weighted by Gasteiger charge is 2.34. The predicted molar refractivity (Wildman–Crippen MR) is 77.6 cm³/mol. The van der Waals surface area contributed by atoms with E-state index in [0.29, 0.717) is 18.4 Å². The van der Waals surface area contributed by atoms with Gasteiger partial charge in [0.2, 0.25) is 11.7 Å². The number of alkyl halides is 3. The van der Waals surface area contributed by atoms with Crippen molar-refractivity contribution < 1.29 is 31.5 Å². The summed E-state index contributed by atoms with van der Waals surface area (Å²) in [6.45, 7) is 1.65. The molecule has 24 heavy (non-hydrogen) atoms. The monoisotopic (exact) mass is 362 g/mol. The van der Waals surface area contributed by atoms with Gasteiger partial charge in [-0.05, 0) is 24.6 Å². The molecule has 1 heterocycles. The Balaban J connectivity index is 2.70. The molecule has 0 saturated carbocycles. The van der Waals surface area contributed by atoms with Gasteiger partial charge in [-0.2, -0.15) is 18.3 Å². The minimum absolute atomic E-state index is 0.178. The maximum absolute atomic E-state index is 12.8. The van der Waals surface area contributed by atoms with Crippen molar-refractivity contribution in [1.82, 2.24) is 10.2 Å². The molecule has 130 valence electrons. The number of sulfone groups is 1. The molecule has 0 saturated heterocycles. The first-order chi connectivity index (χ1) is 11.0. The molecule has 0 fully saturated rings. The van der Waals surface area contributed by atoms with Crippen LogP contribution in [0.25, 0.3) is 0 Å². The van der Waals surface area contributed by atoms with Crippen LogP contribution in [0.15, 0.2) is 23.1 Å². The zero-order chi connectivity index (χ0) is 18.3. The number of aromatic hydroxyl groups is 1. The van der Waals surface area contributed by atoms with E-state index in [9.17, 15) is 31.5 Å². The van der Waals surface area contributed by atoms with Crippen molar-refractivity contribution >= 4 is 15.6 Å². The van der Waals surface area contributed by atoms with Crippen LogP contribution in [0, 0.1) is 0 Å². The van der Waals surface area contributed by atoms with Crippen molar-refractivity contribution in [2.75, 3.05) is 6.26 Å². The Kier molecular flexibility index (Phi) is 4.44. The lowest BCUT2D eigenvalue weighted by Gasteiger charge is -2.12. The average Bonchev–Trinajstić information content (AvgIpc) is 2.85. The summed E-state index contributed by atoms with van der Waals surface area (Å²) in [6.07, 6.45) is -3.80. The van der Waals surface area contributed by atoms with Crippen LogP contribution in [0.4, 0.5) is 13.2 Å². The fourth-order valence-electron chi connectivity index (χ4n) is 2.19. The minimum atomic E-state index is -4.76. The Morgan fingerprint density at radius 1 is 1.33 bits per heavy atom. The number of nitrogens with one attached hydrogen (secondary N) is 1. The third kappa shape index (κ3) is 3.28. The number of benzene rings is 1. The van der Waals surface area contributed by atoms with E-state index in [0.717, 1.165) is 6.07 Å². The number of nitrogens with zero attached hydrogens (tertiary/aromatic N) is 1. The quantitative estimate of drug-likeness (QED) is 0.813. The first-order valence-electron chi connectivity index (χ1n) is 6.69. The molecule has 0 spiro atoms. The molecule has 2 rings (SSSR count). The highest BCUT2D eigenvalue weighted by molar-refractivity contribution is 7.90. The van der Waals surface area contributed by atoms with Crippen molar-refractivity contribution in [2.24, 2.45) is 0 Å². The number of ketones is 1. The van der Waals surface area contributed by atoms with Crippen LogP contribution < -0.4 is 0 Å². The number of aromatic amines is 1. The molecule has 0 aliphatic carbocycles. The van der Waals surface area contributed by atoms with E-state index in [-0.39, 0.29) is 17.7 Å². The number of H-pyrrole nitrogens is 1. The van der Waals surface area contributed by atoms with Gasteiger partial charge >= 0.3 is 6.18 Å². The van der Waals surface area contributed by atoms with E-state index in [1.165, 1.54) is 0 Å². The standard InChI is InChI=1S/C14H13F3N2O4S/c1-3-9-11(13(21)19-18-9)12(20)8-5-4-7(14(15,16)17)6-10(8)24(2,22)23/h4-6H,3H2,1-2H3,(H2,18,19,21). The summed E-state index contributed by atoms with van der Waals surface area (Å²) in [6, 6.07) is 1.81. The molecule has 1 aromatic heterocycles. The SMILES string of the molecule is CCc1n[nH]c(O)c1C(=O)c1ccc(C(F)(F)F)cc1S(C)(=O)=O. The summed E-state index contributed by atoms with van der Waals surface area (Å²) in [5.74, 6) is -1.50. The molecule has 6 nitrogen and oxygen atoms in total. The van der Waals surface area contributed by atoms with Gasteiger partial charge in [0.25, 0.3) is 0 Å². The van der Waals surface area contributed by atoms with Crippen molar-refractivity contribution in [1.29, 1.82) is 0 Å². The number of carbonyl (C=O) groups is 1. The third-order valence-corrected chi connectivity index (χ3v) is 4.47. The highest BCUT2D eigenvalue weighted by Crippen LogP contribution is 2.33. The highest BCUT2D eigenvalue weighted by atomic mass is 32.2. The molecule has 2 N–H and O–H groups in total. The van der Waals surface area contributed by atoms with Gasteiger partial charge in [-0.3, -0.25) is 4.79 Å². The first kappa shape index (κ1) is 18.0. The summed E-state index contributed by atoms with van der Waals surface area (Å²) in [5.41, 5.74) is -1.73. The molecule has 2 aromatic rings. The van der Waals surface area contributed by atoms with Crippen LogP contribution in [-0.2, 0) is 22.4 Å². The van der Waals surface area contributed by atoms with E-state index in [1.807, 2.05) is 0 Å². The van der Waals surface area contributed by atoms with Crippen LogP contribution in [-0.4, -0.2) is 35.8 Å². The number of rotatable bonds is 4. The molecule has 0 atom stereocenters. The van der Waals surface area contributed by atoms with Gasteiger partial charge in [-0.15, -0.1) is 0 Å². The van der Waals surface area contributed by atoms with Crippen LogP contribution in [0.1, 0.15) is 34.1 Å². The summed E-state index contributed by atoms with van der Waals surface area (Å²) >= 11 is 0. The number of aryl methyl sites for hydroxylation is 1. The Labute approximate surface area is 135 Å². The predicted octanol–water partition coefficient (Wildman–Crippen LogP) is 2.33. The van der Waals surface area contributed by atoms with Crippen molar-refractivity contribution in [3.05, 3.63) is 40.6 Å². The lowest BCUT2D eigenvalue weighted by molar-refractivity contribution is -0.137. The smallest absolute Gasteiger partial charge is 0.416 e. The van der Waals surface area contributed by atoms with Gasteiger partial charge in [-0.25, -0.2) is 13.5 Å². The van der Waals surface area contributed by atoms with Gasteiger partial charge in [0.1, 0.15) is 5.56 Å². The Morgan fingerprint density at radius 2 is 1.96 bits per heavy atom. The summed E-state index contributed by atoms with van der Waals surface area (Å²) in [4.78, 5) is 11.8. The van der Waals surface area contributed by atoms with E-state index in [2.05, 4.69) is 10.2 Å². The number of hydrogen-bond donors (Lipinski definition) is 2. The van der Waals surface area contributed by atoms with Gasteiger partial charge < -0.3 is 5.11 Å². The number of carbonyl (C=O) groups excluding carboxylic acids is 1. The molecule has 0 unspecified atom stereocenters. The van der Waals surface area contributed by atoms with Crippen molar-refractivity contribution in [3.63, 3.8) is 0 Å². The molecule has 0 bridgehead atoms. The average molecular weight is 362 g/mol. The fourth-order valence-corrected chi connectivity index (χ4v) is 3.09. The molecule has 0 radical (unpaired) electrons. The summed E-state index contributed by atoms with van der Waals surface area (Å²) in [7, 11) is -4.12. The molecule has 1 aromatic carbocycles. The maximum atomic E-state index is 12.8. The maximum Gasteiger partial charge on any atom is 0.416 e. The topological polar surface area (TPSA) is 100 Å². The van der Waals surface area contributed by atoms with Crippen LogP contribution in [0.3, 0.4) is 0 Å². The van der Waals surface area contributed by atoms with Crippen LogP contribution in [0.5, 0.6) is 5.88 Å². The van der Waals surface area contributed by atoms with Gasteiger partial charge in [0.05, 0.1) is 16.2 Å². The Bertz CT molecular complexity index is 901. The normalized spacial score (nSPS) is 12.4. The number of halogens is 3. The third-order valence-electron chi connectivity index (χ3n) is 3.34. The Morgan fingerprint density at radius 3 is 2.46 bits per heavy atom.